The first kappa shape index (κ1) is 16.4. The molecule has 2 aromatic carbocycles. The Balaban J connectivity index is 2.02. The lowest BCUT2D eigenvalue weighted by atomic mass is 10.1. The molecule has 0 fully saturated rings. The van der Waals surface area contributed by atoms with Crippen LogP contribution in [0.3, 0.4) is 0 Å². The van der Waals surface area contributed by atoms with E-state index in [4.69, 9.17) is 0 Å². The van der Waals surface area contributed by atoms with E-state index >= 15 is 0 Å². The van der Waals surface area contributed by atoms with Gasteiger partial charge in [-0.25, -0.2) is 0 Å². The maximum atomic E-state index is 13.2. The van der Waals surface area contributed by atoms with Crippen LogP contribution in [0.15, 0.2) is 36.4 Å². The van der Waals surface area contributed by atoms with Crippen molar-refractivity contribution in [1.29, 1.82) is 0 Å². The van der Waals surface area contributed by atoms with Crippen molar-refractivity contribution in [2.75, 3.05) is 17.2 Å². The van der Waals surface area contributed by atoms with Crippen molar-refractivity contribution in [2.45, 2.75) is 13.8 Å². The molecule has 23 heavy (non-hydrogen) atoms. The van der Waals surface area contributed by atoms with Crippen molar-refractivity contribution in [2.24, 2.45) is 0 Å². The van der Waals surface area contributed by atoms with Gasteiger partial charge in [-0.05, 0) is 37.1 Å². The number of carbonyl (C=O) groups excluding carboxylic acids is 1. The highest BCUT2D eigenvalue weighted by Gasteiger charge is 2.14. The topological polar surface area (TPSA) is 84.3 Å². The van der Waals surface area contributed by atoms with E-state index in [1.165, 1.54) is 6.07 Å². The quantitative estimate of drug-likeness (QED) is 0.654. The van der Waals surface area contributed by atoms with Crippen molar-refractivity contribution in [3.05, 3.63) is 63.5 Å². The maximum Gasteiger partial charge on any atom is 0.306 e. The molecule has 0 aliphatic carbocycles. The number of halogens is 1. The highest BCUT2D eigenvalue weighted by molar-refractivity contribution is 5.95. The number of rotatable bonds is 5. The minimum Gasteiger partial charge on any atom is -0.376 e. The summed E-state index contributed by atoms with van der Waals surface area (Å²) in [5.41, 5.74) is 2.29. The molecule has 0 aliphatic heterocycles. The van der Waals surface area contributed by atoms with Crippen LogP contribution in [0.4, 0.5) is 21.5 Å². The molecule has 0 unspecified atom stereocenters. The average molecular weight is 317 g/mol. The third-order valence-electron chi connectivity index (χ3n) is 3.34. The van der Waals surface area contributed by atoms with E-state index in [0.717, 1.165) is 28.9 Å². The van der Waals surface area contributed by atoms with Crippen LogP contribution in [0.1, 0.15) is 11.1 Å². The molecular formula is C16H16FN3O3. The predicted molar refractivity (Wildman–Crippen MR) is 86.1 cm³/mol. The number of aryl methyl sites for hydroxylation is 2. The highest BCUT2D eigenvalue weighted by atomic mass is 19.1. The number of nitro benzene ring substituents is 1. The molecule has 2 rings (SSSR count). The molecule has 0 aromatic heterocycles. The molecule has 0 saturated heterocycles. The maximum absolute atomic E-state index is 13.2. The number of nitrogens with zero attached hydrogens (tertiary/aromatic N) is 1. The fraction of sp³-hybridized carbons (Fsp3) is 0.188. The summed E-state index contributed by atoms with van der Waals surface area (Å²) in [5, 5.41) is 16.2. The third-order valence-corrected chi connectivity index (χ3v) is 3.34. The Morgan fingerprint density at radius 2 is 1.87 bits per heavy atom. The summed E-state index contributed by atoms with van der Waals surface area (Å²) >= 11 is 0. The number of nitrogens with one attached hydrogen (secondary N) is 2. The van der Waals surface area contributed by atoms with Crippen LogP contribution in [0.2, 0.25) is 0 Å². The van der Waals surface area contributed by atoms with Gasteiger partial charge in [-0.15, -0.1) is 0 Å². The number of hydrogen-bond acceptors (Lipinski definition) is 4. The summed E-state index contributed by atoms with van der Waals surface area (Å²) in [6.45, 7) is 3.69. The summed E-state index contributed by atoms with van der Waals surface area (Å²) in [6.07, 6.45) is 0. The standard InChI is InChI=1S/C16H16FN3O3/c1-10-4-3-5-11(2)16(10)19-15(21)9-18-12-6-7-13(17)14(8-12)20(22)23/h3-8,18H,9H2,1-2H3,(H,19,21). The molecule has 6 nitrogen and oxygen atoms in total. The number of anilines is 2. The Morgan fingerprint density at radius 3 is 2.48 bits per heavy atom. The molecule has 0 bridgehead atoms. The summed E-state index contributed by atoms with van der Waals surface area (Å²) in [4.78, 5) is 21.9. The fourth-order valence-electron chi connectivity index (χ4n) is 2.14. The van der Waals surface area contributed by atoms with Gasteiger partial charge in [0.15, 0.2) is 0 Å². The van der Waals surface area contributed by atoms with Crippen LogP contribution in [0.25, 0.3) is 0 Å². The number of nitro groups is 1. The molecule has 0 radical (unpaired) electrons. The van der Waals surface area contributed by atoms with Crippen molar-refractivity contribution in [1.82, 2.24) is 0 Å². The molecule has 2 N–H and O–H groups in total. The molecule has 120 valence electrons. The normalized spacial score (nSPS) is 10.2. The lowest BCUT2D eigenvalue weighted by molar-refractivity contribution is -0.387. The summed E-state index contributed by atoms with van der Waals surface area (Å²) in [7, 11) is 0. The molecule has 0 saturated carbocycles. The smallest absolute Gasteiger partial charge is 0.306 e. The van der Waals surface area contributed by atoms with Gasteiger partial charge < -0.3 is 10.6 Å². The lowest BCUT2D eigenvalue weighted by Crippen LogP contribution is -2.22. The van der Waals surface area contributed by atoms with Crippen LogP contribution in [0, 0.1) is 29.8 Å². The molecule has 0 heterocycles. The van der Waals surface area contributed by atoms with E-state index in [-0.39, 0.29) is 12.5 Å². The van der Waals surface area contributed by atoms with Gasteiger partial charge in [0.05, 0.1) is 11.5 Å². The molecular weight excluding hydrogens is 301 g/mol. The minimum atomic E-state index is -0.916. The van der Waals surface area contributed by atoms with E-state index in [9.17, 15) is 19.3 Å². The molecule has 0 spiro atoms. The van der Waals surface area contributed by atoms with E-state index in [2.05, 4.69) is 10.6 Å². The first-order chi connectivity index (χ1) is 10.9. The third kappa shape index (κ3) is 4.03. The van der Waals surface area contributed by atoms with E-state index in [1.807, 2.05) is 32.0 Å². The van der Waals surface area contributed by atoms with Crippen molar-refractivity contribution < 1.29 is 14.1 Å². The highest BCUT2D eigenvalue weighted by Crippen LogP contribution is 2.22. The summed E-state index contributed by atoms with van der Waals surface area (Å²) in [6, 6.07) is 9.06. The number of carbonyl (C=O) groups is 1. The van der Waals surface area contributed by atoms with Crippen LogP contribution < -0.4 is 10.6 Å². The summed E-state index contributed by atoms with van der Waals surface area (Å²) in [5.74, 6) is -1.21. The monoisotopic (exact) mass is 317 g/mol. The Kier molecular flexibility index (Phi) is 4.90. The molecule has 2 aromatic rings. The van der Waals surface area contributed by atoms with Gasteiger partial charge in [0.25, 0.3) is 0 Å². The Morgan fingerprint density at radius 1 is 1.22 bits per heavy atom. The number of benzene rings is 2. The fourth-order valence-corrected chi connectivity index (χ4v) is 2.14. The number of para-hydroxylation sites is 1. The molecule has 0 atom stereocenters. The average Bonchev–Trinajstić information content (AvgIpc) is 2.50. The second-order valence-corrected chi connectivity index (χ2v) is 5.09. The van der Waals surface area contributed by atoms with Crippen molar-refractivity contribution >= 4 is 23.0 Å². The van der Waals surface area contributed by atoms with Crippen LogP contribution in [-0.4, -0.2) is 17.4 Å². The van der Waals surface area contributed by atoms with Gasteiger partial charge in [-0.1, -0.05) is 18.2 Å². The zero-order valence-corrected chi connectivity index (χ0v) is 12.7. The van der Waals surface area contributed by atoms with E-state index in [1.54, 1.807) is 0 Å². The second-order valence-electron chi connectivity index (χ2n) is 5.09. The van der Waals surface area contributed by atoms with Gasteiger partial charge in [-0.3, -0.25) is 14.9 Å². The second kappa shape index (κ2) is 6.87. The first-order valence-corrected chi connectivity index (χ1v) is 6.92. The Hall–Kier alpha value is -2.96. The van der Waals surface area contributed by atoms with Crippen molar-refractivity contribution in [3.63, 3.8) is 0 Å². The Labute approximate surface area is 132 Å². The first-order valence-electron chi connectivity index (χ1n) is 6.92. The molecule has 1 amide bonds. The SMILES string of the molecule is Cc1cccc(C)c1NC(=O)CNc1ccc(F)c([N+](=O)[O-])c1. The number of amides is 1. The van der Waals surface area contributed by atoms with Gasteiger partial charge >= 0.3 is 5.69 Å². The van der Waals surface area contributed by atoms with Crippen LogP contribution in [0.5, 0.6) is 0 Å². The predicted octanol–water partition coefficient (Wildman–Crippen LogP) is 3.40. The van der Waals surface area contributed by atoms with Gasteiger partial charge in [-0.2, -0.15) is 4.39 Å². The van der Waals surface area contributed by atoms with Crippen LogP contribution >= 0.6 is 0 Å². The van der Waals surface area contributed by atoms with Crippen molar-refractivity contribution in [3.8, 4) is 0 Å². The van der Waals surface area contributed by atoms with Crippen LogP contribution in [-0.2, 0) is 4.79 Å². The van der Waals surface area contributed by atoms with Gasteiger partial charge in [0.2, 0.25) is 11.7 Å². The largest absolute Gasteiger partial charge is 0.376 e. The zero-order valence-electron chi connectivity index (χ0n) is 12.7. The van der Waals surface area contributed by atoms with Gasteiger partial charge in [0, 0.05) is 17.4 Å². The molecule has 0 aliphatic rings. The zero-order chi connectivity index (χ0) is 17.0. The Bertz CT molecular complexity index is 742. The summed E-state index contributed by atoms with van der Waals surface area (Å²) < 4.78 is 13.2. The molecule has 7 heteroatoms. The number of hydrogen-bond donors (Lipinski definition) is 2. The van der Waals surface area contributed by atoms with Gasteiger partial charge in [0.1, 0.15) is 0 Å². The van der Waals surface area contributed by atoms with E-state index in [0.29, 0.717) is 5.69 Å². The van der Waals surface area contributed by atoms with E-state index < -0.39 is 16.4 Å². The minimum absolute atomic E-state index is 0.0867. The lowest BCUT2D eigenvalue weighted by Gasteiger charge is -2.12.